The second-order valence-electron chi connectivity index (χ2n) is 6.49. The maximum Gasteiger partial charge on any atom is 0.227 e. The van der Waals surface area contributed by atoms with Gasteiger partial charge in [-0.2, -0.15) is 0 Å². The molecule has 0 atom stereocenters. The molecule has 0 radical (unpaired) electrons. The summed E-state index contributed by atoms with van der Waals surface area (Å²) in [7, 11) is 0. The Kier molecular flexibility index (Phi) is 4.25. The van der Waals surface area contributed by atoms with E-state index < -0.39 is 11.4 Å². The third kappa shape index (κ3) is 3.36. The van der Waals surface area contributed by atoms with Gasteiger partial charge in [0.15, 0.2) is 11.4 Å². The Labute approximate surface area is 145 Å². The normalized spacial score (nSPS) is 12.6. The molecule has 1 aromatic heterocycles. The number of fused-ring (bicyclic) bond motifs is 1. The lowest BCUT2D eigenvalue weighted by Gasteiger charge is -2.17. The largest absolute Gasteiger partial charge is 0.436 e. The van der Waals surface area contributed by atoms with Crippen LogP contribution in [0.4, 0.5) is 4.39 Å². The van der Waals surface area contributed by atoms with Crippen LogP contribution < -0.4 is 0 Å². The van der Waals surface area contributed by atoms with Crippen molar-refractivity contribution in [2.24, 2.45) is 4.99 Å². The number of hydrogen-bond acceptors (Lipinski definition) is 4. The lowest BCUT2D eigenvalue weighted by Crippen LogP contribution is -2.28. The molecule has 0 saturated carbocycles. The zero-order valence-electron chi connectivity index (χ0n) is 14.6. The van der Waals surface area contributed by atoms with E-state index in [9.17, 15) is 9.18 Å². The molecule has 2 aromatic carbocycles. The molecule has 3 rings (SSSR count). The molecule has 4 nitrogen and oxygen atoms in total. The van der Waals surface area contributed by atoms with Gasteiger partial charge in [-0.25, -0.2) is 9.37 Å². The molecule has 0 unspecified atom stereocenters. The van der Waals surface area contributed by atoms with Gasteiger partial charge in [-0.1, -0.05) is 12.1 Å². The van der Waals surface area contributed by atoms with Crippen molar-refractivity contribution in [2.45, 2.75) is 33.2 Å². The summed E-state index contributed by atoms with van der Waals surface area (Å²) in [4.78, 5) is 20.4. The highest BCUT2D eigenvalue weighted by molar-refractivity contribution is 6.01. The van der Waals surface area contributed by atoms with Crippen LogP contribution in [-0.2, 0) is 4.79 Å². The van der Waals surface area contributed by atoms with Crippen LogP contribution in [0.3, 0.4) is 0 Å². The van der Waals surface area contributed by atoms with Crippen molar-refractivity contribution in [1.82, 2.24) is 4.98 Å². The van der Waals surface area contributed by atoms with Gasteiger partial charge in [0.25, 0.3) is 0 Å². The van der Waals surface area contributed by atoms with E-state index in [2.05, 4.69) is 9.98 Å². The first-order valence-electron chi connectivity index (χ1n) is 8.01. The van der Waals surface area contributed by atoms with Crippen molar-refractivity contribution < 1.29 is 13.6 Å². The molecule has 0 aliphatic carbocycles. The van der Waals surface area contributed by atoms with Gasteiger partial charge in [0.05, 0.1) is 0 Å². The molecular weight excluding hydrogens is 319 g/mol. The van der Waals surface area contributed by atoms with Gasteiger partial charge < -0.3 is 4.42 Å². The number of benzene rings is 2. The van der Waals surface area contributed by atoms with Gasteiger partial charge in [0, 0.05) is 16.8 Å². The topological polar surface area (TPSA) is 55.5 Å². The van der Waals surface area contributed by atoms with E-state index in [4.69, 9.17) is 4.42 Å². The Bertz CT molecular complexity index is 953. The van der Waals surface area contributed by atoms with Crippen molar-refractivity contribution in [3.8, 4) is 11.5 Å². The summed E-state index contributed by atoms with van der Waals surface area (Å²) in [6.45, 7) is 6.60. The van der Waals surface area contributed by atoms with Crippen molar-refractivity contribution in [2.75, 3.05) is 0 Å². The fourth-order valence-electron chi connectivity index (χ4n) is 2.50. The number of carbonyl (C=O) groups excluding carboxylic acids is 1. The Balaban J connectivity index is 1.98. The SMILES string of the molecule is CC(=O)C(C)(C)N=C(C)c1ccc(-c2nc3ccccc3o2)cc1F. The average molecular weight is 338 g/mol. The van der Waals surface area contributed by atoms with E-state index in [0.717, 1.165) is 5.52 Å². The van der Waals surface area contributed by atoms with E-state index in [0.29, 0.717) is 28.3 Å². The van der Waals surface area contributed by atoms with E-state index in [1.54, 1.807) is 32.9 Å². The Morgan fingerprint density at radius 2 is 1.88 bits per heavy atom. The van der Waals surface area contributed by atoms with Crippen molar-refractivity contribution in [1.29, 1.82) is 0 Å². The number of aromatic nitrogens is 1. The highest BCUT2D eigenvalue weighted by Gasteiger charge is 2.23. The van der Waals surface area contributed by atoms with E-state index in [-0.39, 0.29) is 5.78 Å². The van der Waals surface area contributed by atoms with E-state index in [1.165, 1.54) is 13.0 Å². The number of ketones is 1. The predicted molar refractivity (Wildman–Crippen MR) is 96.4 cm³/mol. The van der Waals surface area contributed by atoms with Crippen molar-refractivity contribution in [3.63, 3.8) is 0 Å². The molecule has 5 heteroatoms. The number of hydrogen-bond donors (Lipinski definition) is 0. The molecule has 128 valence electrons. The third-order valence-electron chi connectivity index (χ3n) is 4.21. The fourth-order valence-corrected chi connectivity index (χ4v) is 2.50. The third-order valence-corrected chi connectivity index (χ3v) is 4.21. The first-order valence-corrected chi connectivity index (χ1v) is 8.01. The molecule has 0 spiro atoms. The smallest absolute Gasteiger partial charge is 0.227 e. The van der Waals surface area contributed by atoms with Gasteiger partial charge in [-0.05, 0) is 58.0 Å². The summed E-state index contributed by atoms with van der Waals surface area (Å²) in [5, 5.41) is 0. The molecule has 1 heterocycles. The average Bonchev–Trinajstić information content (AvgIpc) is 2.98. The van der Waals surface area contributed by atoms with Crippen LogP contribution in [-0.4, -0.2) is 22.0 Å². The highest BCUT2D eigenvalue weighted by atomic mass is 19.1. The van der Waals surface area contributed by atoms with Crippen LogP contribution in [0.2, 0.25) is 0 Å². The Hall–Kier alpha value is -2.82. The van der Waals surface area contributed by atoms with Crippen LogP contribution in [0.25, 0.3) is 22.6 Å². The van der Waals surface area contributed by atoms with Gasteiger partial charge in [-0.15, -0.1) is 0 Å². The minimum Gasteiger partial charge on any atom is -0.436 e. The molecule has 0 N–H and O–H groups in total. The van der Waals surface area contributed by atoms with Crippen molar-refractivity contribution >= 4 is 22.6 Å². The Morgan fingerprint density at radius 3 is 2.52 bits per heavy atom. The number of Topliss-reactive ketones (excluding diaryl/α,β-unsaturated/α-hetero) is 1. The number of para-hydroxylation sites is 2. The molecule has 0 bridgehead atoms. The first-order chi connectivity index (χ1) is 11.8. The highest BCUT2D eigenvalue weighted by Crippen LogP contribution is 2.26. The van der Waals surface area contributed by atoms with Crippen LogP contribution in [0.1, 0.15) is 33.3 Å². The van der Waals surface area contributed by atoms with Gasteiger partial charge in [0.1, 0.15) is 16.9 Å². The predicted octanol–water partition coefficient (Wildman–Crippen LogP) is 4.81. The van der Waals surface area contributed by atoms with Crippen LogP contribution in [0.5, 0.6) is 0 Å². The summed E-state index contributed by atoms with van der Waals surface area (Å²) in [5.41, 5.74) is 1.88. The quantitative estimate of drug-likeness (QED) is 0.641. The van der Waals surface area contributed by atoms with Crippen LogP contribution in [0, 0.1) is 5.82 Å². The second-order valence-corrected chi connectivity index (χ2v) is 6.49. The first kappa shape index (κ1) is 17.0. The molecule has 0 aliphatic heterocycles. The van der Waals surface area contributed by atoms with Crippen molar-refractivity contribution in [3.05, 3.63) is 53.8 Å². The zero-order valence-corrected chi connectivity index (χ0v) is 14.6. The summed E-state index contributed by atoms with van der Waals surface area (Å²) < 4.78 is 20.3. The zero-order chi connectivity index (χ0) is 18.2. The lowest BCUT2D eigenvalue weighted by molar-refractivity contribution is -0.120. The van der Waals surface area contributed by atoms with Crippen LogP contribution >= 0.6 is 0 Å². The molecule has 25 heavy (non-hydrogen) atoms. The van der Waals surface area contributed by atoms with Gasteiger partial charge in [0.2, 0.25) is 5.89 Å². The van der Waals surface area contributed by atoms with Gasteiger partial charge in [-0.3, -0.25) is 9.79 Å². The maximum absolute atomic E-state index is 14.6. The fraction of sp³-hybridized carbons (Fsp3) is 0.250. The second kappa shape index (κ2) is 6.24. The number of carbonyl (C=O) groups is 1. The minimum atomic E-state index is -0.879. The summed E-state index contributed by atoms with van der Waals surface area (Å²) in [5.74, 6) is -0.138. The van der Waals surface area contributed by atoms with Crippen LogP contribution in [0.15, 0.2) is 51.9 Å². The van der Waals surface area contributed by atoms with E-state index >= 15 is 0 Å². The molecule has 0 amide bonds. The molecular formula is C20H19FN2O2. The lowest BCUT2D eigenvalue weighted by atomic mass is 10.00. The summed E-state index contributed by atoms with van der Waals surface area (Å²) >= 11 is 0. The molecule has 0 saturated heterocycles. The number of oxazole rings is 1. The standard InChI is InChI=1S/C20H19FN2O2/c1-12(23-20(3,4)13(2)24)15-10-9-14(11-16(15)21)19-22-17-7-5-6-8-18(17)25-19/h5-11H,1-4H3. The number of rotatable bonds is 4. The summed E-state index contributed by atoms with van der Waals surface area (Å²) in [6, 6.07) is 12.1. The van der Waals surface area contributed by atoms with E-state index in [1.807, 2.05) is 24.3 Å². The number of aliphatic imine (C=N–C) groups is 1. The number of nitrogens with zero attached hydrogens (tertiary/aromatic N) is 2. The molecule has 0 aliphatic rings. The monoisotopic (exact) mass is 338 g/mol. The molecule has 0 fully saturated rings. The minimum absolute atomic E-state index is 0.0737. The summed E-state index contributed by atoms with van der Waals surface area (Å²) in [6.07, 6.45) is 0. The molecule has 3 aromatic rings. The number of halogens is 1. The Morgan fingerprint density at radius 1 is 1.16 bits per heavy atom. The van der Waals surface area contributed by atoms with Gasteiger partial charge >= 0.3 is 0 Å². The maximum atomic E-state index is 14.6.